The average Bonchev–Trinajstić information content (AvgIpc) is 3.11. The molecule has 1 saturated heterocycles. The molecule has 1 aliphatic heterocycles. The molecular formula is C17H22N4O2. The summed E-state index contributed by atoms with van der Waals surface area (Å²) in [6.45, 7) is 2.96. The Labute approximate surface area is 135 Å². The number of likely N-dealkylation sites (tertiary alicyclic amines) is 1. The molecule has 23 heavy (non-hydrogen) atoms. The van der Waals surface area contributed by atoms with Gasteiger partial charge in [0.1, 0.15) is 5.69 Å². The molecule has 0 radical (unpaired) electrons. The minimum absolute atomic E-state index is 0.0558. The summed E-state index contributed by atoms with van der Waals surface area (Å²) >= 11 is 0. The number of aromatic nitrogens is 3. The fraction of sp³-hybridized carbons (Fsp3) is 0.471. The standard InChI is InChI=1S/C17H22N4O2/c1-3-14-9-15(20(2)19-14)17(23)21-10-13(16(22)11-21)8-12-4-6-18-7-5-12/h4-7,9,13,16,22H,3,8,10-11H2,1-2H3/t13-,16-/m1/s1. The molecule has 0 saturated carbocycles. The Morgan fingerprint density at radius 3 is 2.74 bits per heavy atom. The summed E-state index contributed by atoms with van der Waals surface area (Å²) in [5.41, 5.74) is 2.62. The normalized spacial score (nSPS) is 20.9. The number of β-amino-alcohol motifs (C(OH)–C–C–N with tert-alkyl or cyclic N) is 1. The maximum absolute atomic E-state index is 12.7. The van der Waals surface area contributed by atoms with Crippen LogP contribution in [0.4, 0.5) is 0 Å². The number of aryl methyl sites for hydroxylation is 2. The lowest BCUT2D eigenvalue weighted by molar-refractivity contribution is 0.0754. The second-order valence-corrected chi connectivity index (χ2v) is 6.10. The van der Waals surface area contributed by atoms with Gasteiger partial charge in [-0.3, -0.25) is 14.5 Å². The Morgan fingerprint density at radius 1 is 1.35 bits per heavy atom. The molecule has 3 rings (SSSR count). The summed E-state index contributed by atoms with van der Waals surface area (Å²) in [6.07, 6.45) is 4.56. The number of aliphatic hydroxyl groups is 1. The van der Waals surface area contributed by atoms with Crippen LogP contribution in [0.25, 0.3) is 0 Å². The third kappa shape index (κ3) is 3.27. The van der Waals surface area contributed by atoms with Crippen LogP contribution in [0.15, 0.2) is 30.6 Å². The highest BCUT2D eigenvalue weighted by Gasteiger charge is 2.35. The van der Waals surface area contributed by atoms with Gasteiger partial charge in [-0.15, -0.1) is 0 Å². The van der Waals surface area contributed by atoms with Crippen LogP contribution in [0, 0.1) is 5.92 Å². The van der Waals surface area contributed by atoms with E-state index in [-0.39, 0.29) is 11.8 Å². The molecule has 1 amide bonds. The Bertz CT molecular complexity index is 683. The predicted molar refractivity (Wildman–Crippen MR) is 85.9 cm³/mol. The lowest BCUT2D eigenvalue weighted by atomic mass is 9.97. The van der Waals surface area contributed by atoms with Gasteiger partial charge < -0.3 is 10.0 Å². The maximum atomic E-state index is 12.7. The highest BCUT2D eigenvalue weighted by molar-refractivity contribution is 5.93. The van der Waals surface area contributed by atoms with E-state index >= 15 is 0 Å². The van der Waals surface area contributed by atoms with Crippen LogP contribution in [0.5, 0.6) is 0 Å². The summed E-state index contributed by atoms with van der Waals surface area (Å²) in [5.74, 6) is -0.00352. The molecule has 0 aliphatic carbocycles. The fourth-order valence-electron chi connectivity index (χ4n) is 3.10. The zero-order valence-corrected chi connectivity index (χ0v) is 13.5. The van der Waals surface area contributed by atoms with Crippen molar-refractivity contribution in [1.29, 1.82) is 0 Å². The van der Waals surface area contributed by atoms with E-state index in [0.29, 0.717) is 18.8 Å². The van der Waals surface area contributed by atoms with Crippen molar-refractivity contribution in [1.82, 2.24) is 19.7 Å². The molecule has 0 unspecified atom stereocenters. The molecule has 2 atom stereocenters. The third-order valence-corrected chi connectivity index (χ3v) is 4.45. The van der Waals surface area contributed by atoms with Crippen LogP contribution in [0.1, 0.15) is 28.7 Å². The van der Waals surface area contributed by atoms with Crippen LogP contribution in [0.2, 0.25) is 0 Å². The van der Waals surface area contributed by atoms with Crippen molar-refractivity contribution < 1.29 is 9.90 Å². The minimum atomic E-state index is -0.494. The topological polar surface area (TPSA) is 71.2 Å². The number of amides is 1. The van der Waals surface area contributed by atoms with Gasteiger partial charge in [-0.05, 0) is 36.6 Å². The van der Waals surface area contributed by atoms with E-state index in [9.17, 15) is 9.90 Å². The summed E-state index contributed by atoms with van der Waals surface area (Å²) in [7, 11) is 1.79. The first-order valence-electron chi connectivity index (χ1n) is 7.97. The Morgan fingerprint density at radius 2 is 2.09 bits per heavy atom. The summed E-state index contributed by atoms with van der Waals surface area (Å²) in [6, 6.07) is 5.74. The summed E-state index contributed by atoms with van der Waals surface area (Å²) in [4.78, 5) is 18.4. The van der Waals surface area contributed by atoms with Crippen LogP contribution >= 0.6 is 0 Å². The first-order valence-corrected chi connectivity index (χ1v) is 7.97. The van der Waals surface area contributed by atoms with E-state index < -0.39 is 6.10 Å². The van der Waals surface area contributed by atoms with Gasteiger partial charge in [0.15, 0.2) is 0 Å². The van der Waals surface area contributed by atoms with E-state index in [0.717, 1.165) is 24.1 Å². The van der Waals surface area contributed by atoms with Crippen LogP contribution in [0.3, 0.4) is 0 Å². The molecule has 6 heteroatoms. The minimum Gasteiger partial charge on any atom is -0.391 e. The third-order valence-electron chi connectivity index (χ3n) is 4.45. The lowest BCUT2D eigenvalue weighted by Crippen LogP contribution is -2.31. The quantitative estimate of drug-likeness (QED) is 0.916. The van der Waals surface area contributed by atoms with Gasteiger partial charge >= 0.3 is 0 Å². The van der Waals surface area contributed by atoms with Crippen molar-refractivity contribution >= 4 is 5.91 Å². The molecule has 3 heterocycles. The zero-order valence-electron chi connectivity index (χ0n) is 13.5. The molecular weight excluding hydrogens is 292 g/mol. The molecule has 0 bridgehead atoms. The Kier molecular flexibility index (Phi) is 4.43. The maximum Gasteiger partial charge on any atom is 0.272 e. The Balaban J connectivity index is 1.70. The first kappa shape index (κ1) is 15.7. The Hall–Kier alpha value is -2.21. The van der Waals surface area contributed by atoms with Crippen molar-refractivity contribution in [2.24, 2.45) is 13.0 Å². The molecule has 0 spiro atoms. The van der Waals surface area contributed by atoms with E-state index in [1.165, 1.54) is 0 Å². The number of rotatable bonds is 4. The monoisotopic (exact) mass is 314 g/mol. The van der Waals surface area contributed by atoms with Crippen LogP contribution < -0.4 is 0 Å². The zero-order chi connectivity index (χ0) is 16.4. The molecule has 122 valence electrons. The number of carbonyl (C=O) groups is 1. The summed E-state index contributed by atoms with van der Waals surface area (Å²) in [5, 5.41) is 14.6. The van der Waals surface area contributed by atoms with E-state index in [1.807, 2.05) is 25.1 Å². The van der Waals surface area contributed by atoms with Gasteiger partial charge in [-0.25, -0.2) is 0 Å². The fourth-order valence-corrected chi connectivity index (χ4v) is 3.10. The largest absolute Gasteiger partial charge is 0.391 e. The van der Waals surface area contributed by atoms with E-state index in [2.05, 4.69) is 10.1 Å². The smallest absolute Gasteiger partial charge is 0.272 e. The number of nitrogens with zero attached hydrogens (tertiary/aromatic N) is 4. The van der Waals surface area contributed by atoms with Gasteiger partial charge in [0.25, 0.3) is 5.91 Å². The highest BCUT2D eigenvalue weighted by Crippen LogP contribution is 2.23. The molecule has 2 aromatic rings. The van der Waals surface area contributed by atoms with Gasteiger partial charge in [0.2, 0.25) is 0 Å². The molecule has 0 aromatic carbocycles. The van der Waals surface area contributed by atoms with Gasteiger partial charge in [0.05, 0.1) is 11.8 Å². The van der Waals surface area contributed by atoms with Gasteiger partial charge in [-0.2, -0.15) is 5.10 Å². The van der Waals surface area contributed by atoms with Crippen LogP contribution in [-0.2, 0) is 19.9 Å². The molecule has 2 aromatic heterocycles. The first-order chi connectivity index (χ1) is 11.1. The summed E-state index contributed by atoms with van der Waals surface area (Å²) < 4.78 is 1.63. The number of aliphatic hydroxyl groups excluding tert-OH is 1. The number of hydrogen-bond acceptors (Lipinski definition) is 4. The lowest BCUT2D eigenvalue weighted by Gasteiger charge is -2.16. The van der Waals surface area contributed by atoms with Crippen LogP contribution in [-0.4, -0.2) is 49.9 Å². The van der Waals surface area contributed by atoms with Gasteiger partial charge in [-0.1, -0.05) is 6.92 Å². The average molecular weight is 314 g/mol. The highest BCUT2D eigenvalue weighted by atomic mass is 16.3. The molecule has 6 nitrogen and oxygen atoms in total. The molecule has 1 aliphatic rings. The molecule has 1 fully saturated rings. The molecule has 1 N–H and O–H groups in total. The SMILES string of the molecule is CCc1cc(C(=O)N2C[C@@H](Cc3ccncc3)[C@H](O)C2)n(C)n1. The van der Waals surface area contributed by atoms with Crippen molar-refractivity contribution in [2.75, 3.05) is 13.1 Å². The van der Waals surface area contributed by atoms with Crippen molar-refractivity contribution in [3.8, 4) is 0 Å². The predicted octanol–water partition coefficient (Wildman–Crippen LogP) is 1.05. The van der Waals surface area contributed by atoms with E-state index in [1.54, 1.807) is 29.0 Å². The number of pyridine rings is 1. The van der Waals surface area contributed by atoms with E-state index in [4.69, 9.17) is 0 Å². The van der Waals surface area contributed by atoms with Crippen molar-refractivity contribution in [3.05, 3.63) is 47.5 Å². The van der Waals surface area contributed by atoms with Crippen molar-refractivity contribution in [2.45, 2.75) is 25.9 Å². The van der Waals surface area contributed by atoms with Crippen molar-refractivity contribution in [3.63, 3.8) is 0 Å². The number of carbonyl (C=O) groups excluding carboxylic acids is 1. The number of hydrogen-bond donors (Lipinski definition) is 1. The second-order valence-electron chi connectivity index (χ2n) is 6.10. The second kappa shape index (κ2) is 6.50. The van der Waals surface area contributed by atoms with Gasteiger partial charge in [0, 0.05) is 38.4 Å².